The van der Waals surface area contributed by atoms with E-state index in [0.29, 0.717) is 12.0 Å². The largest absolute Gasteiger partial charge is 0.366 e. The first kappa shape index (κ1) is 15.6. The Labute approximate surface area is 113 Å². The molecule has 6 nitrogen and oxygen atoms in total. The lowest BCUT2D eigenvalue weighted by atomic mass is 10.1. The van der Waals surface area contributed by atoms with Crippen LogP contribution in [0.1, 0.15) is 29.3 Å². The molecule has 0 spiro atoms. The van der Waals surface area contributed by atoms with Crippen molar-refractivity contribution >= 4 is 15.9 Å². The van der Waals surface area contributed by atoms with E-state index in [-0.39, 0.29) is 23.0 Å². The molecule has 0 heterocycles. The van der Waals surface area contributed by atoms with Crippen molar-refractivity contribution in [2.45, 2.75) is 31.2 Å². The third kappa shape index (κ3) is 4.02. The summed E-state index contributed by atoms with van der Waals surface area (Å²) in [6.07, 6.45) is 0.670. The second-order valence-corrected chi connectivity index (χ2v) is 6.13. The lowest BCUT2D eigenvalue weighted by molar-refractivity contribution is 0.0999. The molecule has 0 aliphatic heterocycles. The summed E-state index contributed by atoms with van der Waals surface area (Å²) in [7, 11) is -3.68. The first-order valence-electron chi connectivity index (χ1n) is 5.93. The van der Waals surface area contributed by atoms with Crippen LogP contribution in [0.2, 0.25) is 0 Å². The molecule has 0 saturated carbocycles. The van der Waals surface area contributed by atoms with Gasteiger partial charge in [0.1, 0.15) is 0 Å². The normalized spacial score (nSPS) is 13.2. The molecule has 5 N–H and O–H groups in total. The highest BCUT2D eigenvalue weighted by Crippen LogP contribution is 2.15. The average molecular weight is 285 g/mol. The van der Waals surface area contributed by atoms with Crippen molar-refractivity contribution in [1.82, 2.24) is 4.72 Å². The van der Waals surface area contributed by atoms with Crippen molar-refractivity contribution in [2.75, 3.05) is 6.54 Å². The van der Waals surface area contributed by atoms with Gasteiger partial charge in [0.15, 0.2) is 0 Å². The predicted octanol–water partition coefficient (Wildman–Crippen LogP) is 0.110. The zero-order chi connectivity index (χ0) is 14.6. The van der Waals surface area contributed by atoms with E-state index >= 15 is 0 Å². The maximum Gasteiger partial charge on any atom is 0.249 e. The molecule has 1 aromatic rings. The van der Waals surface area contributed by atoms with E-state index in [9.17, 15) is 13.2 Å². The molecular weight excluding hydrogens is 266 g/mol. The molecule has 19 heavy (non-hydrogen) atoms. The van der Waals surface area contributed by atoms with Gasteiger partial charge >= 0.3 is 0 Å². The Kier molecular flexibility index (Phi) is 5.04. The molecule has 0 aliphatic carbocycles. The van der Waals surface area contributed by atoms with Crippen molar-refractivity contribution in [2.24, 2.45) is 11.5 Å². The first-order valence-corrected chi connectivity index (χ1v) is 7.42. The van der Waals surface area contributed by atoms with Gasteiger partial charge in [-0.05, 0) is 31.0 Å². The van der Waals surface area contributed by atoms with Crippen LogP contribution in [-0.2, 0) is 10.0 Å². The average Bonchev–Trinajstić information content (AvgIpc) is 2.35. The number of amides is 1. The van der Waals surface area contributed by atoms with Gasteiger partial charge in [0.05, 0.1) is 4.90 Å². The molecule has 0 bridgehead atoms. The number of hydrogen-bond acceptors (Lipinski definition) is 4. The number of aryl methyl sites for hydroxylation is 1. The minimum Gasteiger partial charge on any atom is -0.366 e. The predicted molar refractivity (Wildman–Crippen MR) is 73.2 cm³/mol. The second kappa shape index (κ2) is 6.14. The summed E-state index contributed by atoms with van der Waals surface area (Å²) in [5, 5.41) is 0. The Morgan fingerprint density at radius 1 is 1.42 bits per heavy atom. The quantitative estimate of drug-likeness (QED) is 0.688. The number of nitrogens with two attached hydrogens (primary N) is 2. The Hall–Kier alpha value is -1.44. The highest BCUT2D eigenvalue weighted by Gasteiger charge is 2.17. The van der Waals surface area contributed by atoms with Crippen LogP contribution >= 0.6 is 0 Å². The van der Waals surface area contributed by atoms with E-state index in [4.69, 9.17) is 11.5 Å². The van der Waals surface area contributed by atoms with Crippen molar-refractivity contribution in [3.8, 4) is 0 Å². The van der Waals surface area contributed by atoms with Gasteiger partial charge in [-0.15, -0.1) is 0 Å². The van der Waals surface area contributed by atoms with Gasteiger partial charge in [0.2, 0.25) is 15.9 Å². The topological polar surface area (TPSA) is 115 Å². The number of rotatable bonds is 6. The molecule has 0 aromatic heterocycles. The number of hydrogen-bond donors (Lipinski definition) is 3. The van der Waals surface area contributed by atoms with E-state index < -0.39 is 15.9 Å². The fraction of sp³-hybridized carbons (Fsp3) is 0.417. The Morgan fingerprint density at radius 2 is 2.05 bits per heavy atom. The summed E-state index contributed by atoms with van der Waals surface area (Å²) in [5.74, 6) is -0.653. The summed E-state index contributed by atoms with van der Waals surface area (Å²) in [5.41, 5.74) is 11.7. The number of benzene rings is 1. The molecule has 0 fully saturated rings. The molecule has 0 aliphatic rings. The van der Waals surface area contributed by atoms with Crippen LogP contribution in [0.15, 0.2) is 23.1 Å². The highest BCUT2D eigenvalue weighted by molar-refractivity contribution is 7.89. The molecule has 1 unspecified atom stereocenters. The van der Waals surface area contributed by atoms with Crippen LogP contribution in [0, 0.1) is 6.92 Å². The number of carbonyl (C=O) groups excluding carboxylic acids is 1. The van der Waals surface area contributed by atoms with Gasteiger partial charge in [-0.2, -0.15) is 0 Å². The minimum atomic E-state index is -3.68. The third-order valence-corrected chi connectivity index (χ3v) is 4.27. The summed E-state index contributed by atoms with van der Waals surface area (Å²) in [6.45, 7) is 3.71. The molecule has 0 saturated heterocycles. The molecular formula is C12H19N3O3S. The molecule has 7 heteroatoms. The highest BCUT2D eigenvalue weighted by atomic mass is 32.2. The SMILES string of the molecule is CCC(N)CNS(=O)(=O)c1ccc(C)c(C(N)=O)c1. The number of sulfonamides is 1. The van der Waals surface area contributed by atoms with E-state index in [1.165, 1.54) is 12.1 Å². The minimum absolute atomic E-state index is 0.00945. The van der Waals surface area contributed by atoms with Crippen molar-refractivity contribution in [1.29, 1.82) is 0 Å². The molecule has 1 atom stereocenters. The van der Waals surface area contributed by atoms with Crippen LogP contribution in [0.3, 0.4) is 0 Å². The smallest absolute Gasteiger partial charge is 0.249 e. The monoisotopic (exact) mass is 285 g/mol. The van der Waals surface area contributed by atoms with Gasteiger partial charge in [0.25, 0.3) is 0 Å². The van der Waals surface area contributed by atoms with Gasteiger partial charge in [0, 0.05) is 18.2 Å². The Bertz CT molecular complexity index is 570. The maximum atomic E-state index is 12.0. The standard InChI is InChI=1S/C12H19N3O3S/c1-3-9(13)7-15-19(17,18)10-5-4-8(2)11(6-10)12(14)16/h4-6,9,15H,3,7,13H2,1-2H3,(H2,14,16). The fourth-order valence-electron chi connectivity index (χ4n) is 1.48. The van der Waals surface area contributed by atoms with Crippen LogP contribution in [0.4, 0.5) is 0 Å². The van der Waals surface area contributed by atoms with Crippen LogP contribution in [0.25, 0.3) is 0 Å². The van der Waals surface area contributed by atoms with Crippen LogP contribution in [-0.4, -0.2) is 26.9 Å². The van der Waals surface area contributed by atoms with Crippen LogP contribution < -0.4 is 16.2 Å². The number of primary amides is 1. The Morgan fingerprint density at radius 3 is 2.58 bits per heavy atom. The summed E-state index contributed by atoms with van der Waals surface area (Å²) in [6, 6.07) is 4.02. The van der Waals surface area contributed by atoms with E-state index in [1.54, 1.807) is 13.0 Å². The van der Waals surface area contributed by atoms with Gasteiger partial charge in [-0.3, -0.25) is 4.79 Å². The Balaban J connectivity index is 3.02. The maximum absolute atomic E-state index is 12.0. The van der Waals surface area contributed by atoms with E-state index in [2.05, 4.69) is 4.72 Å². The zero-order valence-electron chi connectivity index (χ0n) is 11.0. The first-order chi connectivity index (χ1) is 8.77. The van der Waals surface area contributed by atoms with Crippen molar-refractivity contribution in [3.05, 3.63) is 29.3 Å². The van der Waals surface area contributed by atoms with E-state index in [0.717, 1.165) is 0 Å². The zero-order valence-corrected chi connectivity index (χ0v) is 11.8. The van der Waals surface area contributed by atoms with Gasteiger partial charge in [-0.1, -0.05) is 13.0 Å². The third-order valence-electron chi connectivity index (χ3n) is 2.84. The number of carbonyl (C=O) groups is 1. The summed E-state index contributed by atoms with van der Waals surface area (Å²) in [4.78, 5) is 11.2. The van der Waals surface area contributed by atoms with Crippen molar-refractivity contribution in [3.63, 3.8) is 0 Å². The van der Waals surface area contributed by atoms with E-state index in [1.807, 2.05) is 6.92 Å². The van der Waals surface area contributed by atoms with Crippen LogP contribution in [0.5, 0.6) is 0 Å². The molecule has 1 rings (SSSR count). The lowest BCUT2D eigenvalue weighted by Crippen LogP contribution is -2.36. The summed E-state index contributed by atoms with van der Waals surface area (Å²) < 4.78 is 26.4. The molecule has 106 valence electrons. The summed E-state index contributed by atoms with van der Waals surface area (Å²) >= 11 is 0. The molecule has 1 amide bonds. The van der Waals surface area contributed by atoms with Crippen molar-refractivity contribution < 1.29 is 13.2 Å². The lowest BCUT2D eigenvalue weighted by Gasteiger charge is -2.12. The molecule has 0 radical (unpaired) electrons. The molecule has 1 aromatic carbocycles. The van der Waals surface area contributed by atoms with Gasteiger partial charge < -0.3 is 11.5 Å². The second-order valence-electron chi connectivity index (χ2n) is 4.36. The van der Waals surface area contributed by atoms with Gasteiger partial charge in [-0.25, -0.2) is 13.1 Å². The fourth-order valence-corrected chi connectivity index (χ4v) is 2.60. The number of nitrogens with one attached hydrogen (secondary N) is 1.